The van der Waals surface area contributed by atoms with Gasteiger partial charge in [0, 0.05) is 46.7 Å². The van der Waals surface area contributed by atoms with Crippen molar-refractivity contribution >= 4 is 27.6 Å². The van der Waals surface area contributed by atoms with Crippen LogP contribution < -0.4 is 10.2 Å². The second kappa shape index (κ2) is 10.1. The van der Waals surface area contributed by atoms with Gasteiger partial charge in [0.15, 0.2) is 9.84 Å². The number of anilines is 1. The lowest BCUT2D eigenvalue weighted by Gasteiger charge is -2.29. The fraction of sp³-hybridized carbons (Fsp3) is 0.423. The second-order valence-electron chi connectivity index (χ2n) is 9.78. The van der Waals surface area contributed by atoms with Crippen LogP contribution in [0.5, 0.6) is 0 Å². The zero-order valence-electron chi connectivity index (χ0n) is 20.8. The van der Waals surface area contributed by atoms with Gasteiger partial charge in [0.1, 0.15) is 17.3 Å². The fourth-order valence-electron chi connectivity index (χ4n) is 4.96. The Morgan fingerprint density at radius 2 is 2.11 bits per heavy atom. The number of allylic oxidation sites excluding steroid dienone is 1. The van der Waals surface area contributed by atoms with Crippen molar-refractivity contribution < 1.29 is 22.3 Å². The Bertz CT molecular complexity index is 1300. The molecule has 1 aromatic heterocycles. The summed E-state index contributed by atoms with van der Waals surface area (Å²) in [6.45, 7) is 7.38. The van der Waals surface area contributed by atoms with Crippen LogP contribution in [-0.4, -0.2) is 56.3 Å². The molecule has 192 valence electrons. The Hall–Kier alpha value is -3.11. The maximum atomic E-state index is 15.6. The number of benzene rings is 1. The number of sulfone groups is 1. The predicted molar refractivity (Wildman–Crippen MR) is 137 cm³/mol. The fourth-order valence-corrected chi connectivity index (χ4v) is 5.48. The van der Waals surface area contributed by atoms with Gasteiger partial charge in [-0.15, -0.1) is 0 Å². The van der Waals surface area contributed by atoms with E-state index in [4.69, 9.17) is 4.74 Å². The van der Waals surface area contributed by atoms with Crippen molar-refractivity contribution in [1.29, 1.82) is 0 Å². The number of hydrogen-bond acceptors (Lipinski definition) is 7. The van der Waals surface area contributed by atoms with Crippen molar-refractivity contribution in [3.05, 3.63) is 70.8 Å². The van der Waals surface area contributed by atoms with Crippen LogP contribution in [-0.2, 0) is 14.6 Å². The molecule has 2 saturated heterocycles. The monoisotopic (exact) mass is 514 g/mol. The summed E-state index contributed by atoms with van der Waals surface area (Å²) in [4.78, 5) is 23.4. The molecule has 0 aliphatic carbocycles. The number of hydrogen-bond donors (Lipinski definition) is 1. The van der Waals surface area contributed by atoms with E-state index in [9.17, 15) is 13.2 Å². The molecule has 1 aromatic carbocycles. The van der Waals surface area contributed by atoms with Crippen molar-refractivity contribution in [2.45, 2.75) is 32.9 Å². The van der Waals surface area contributed by atoms with Crippen LogP contribution in [0.1, 0.15) is 48.4 Å². The molecule has 0 spiro atoms. The second-order valence-corrected chi connectivity index (χ2v) is 11.7. The van der Waals surface area contributed by atoms with Crippen molar-refractivity contribution in [2.75, 3.05) is 30.9 Å². The maximum absolute atomic E-state index is 15.6. The van der Waals surface area contributed by atoms with E-state index in [-0.39, 0.29) is 28.9 Å². The number of ether oxygens (including phenoxy) is 1. The first-order valence-corrected chi connectivity index (χ1v) is 13.7. The molecule has 0 unspecified atom stereocenters. The third-order valence-corrected chi connectivity index (χ3v) is 7.39. The molecule has 2 aliphatic heterocycles. The van der Waals surface area contributed by atoms with Gasteiger partial charge in [-0.2, -0.15) is 0 Å². The molecule has 0 bridgehead atoms. The summed E-state index contributed by atoms with van der Waals surface area (Å²) < 4.78 is 43.9. The van der Waals surface area contributed by atoms with Gasteiger partial charge in [-0.3, -0.25) is 4.79 Å². The van der Waals surface area contributed by atoms with Gasteiger partial charge in [0.05, 0.1) is 31.6 Å². The number of amides is 1. The molecule has 0 radical (unpaired) electrons. The molecular weight excluding hydrogens is 483 g/mol. The lowest BCUT2D eigenvalue weighted by molar-refractivity contribution is 0.0941. The minimum atomic E-state index is -3.29. The predicted octanol–water partition coefficient (Wildman–Crippen LogP) is 3.54. The van der Waals surface area contributed by atoms with Crippen LogP contribution in [0.25, 0.3) is 6.08 Å². The summed E-state index contributed by atoms with van der Waals surface area (Å²) >= 11 is 0. The maximum Gasteiger partial charge on any atom is 0.271 e. The molecule has 36 heavy (non-hydrogen) atoms. The largest absolute Gasteiger partial charge is 0.380 e. The topological polar surface area (TPSA) is 101 Å². The van der Waals surface area contributed by atoms with E-state index in [2.05, 4.69) is 27.1 Å². The summed E-state index contributed by atoms with van der Waals surface area (Å²) in [6.07, 6.45) is 8.94. The Kier molecular flexibility index (Phi) is 7.28. The van der Waals surface area contributed by atoms with Gasteiger partial charge in [-0.05, 0) is 13.8 Å². The van der Waals surface area contributed by atoms with Crippen LogP contribution in [0.3, 0.4) is 0 Å². The van der Waals surface area contributed by atoms with E-state index in [1.54, 1.807) is 19.1 Å². The highest BCUT2D eigenvalue weighted by Gasteiger charge is 2.54. The first-order chi connectivity index (χ1) is 17.0. The summed E-state index contributed by atoms with van der Waals surface area (Å²) in [5.74, 6) is -0.116. The Balaban J connectivity index is 1.60. The molecule has 3 heterocycles. The van der Waals surface area contributed by atoms with E-state index in [1.807, 2.05) is 25.1 Å². The van der Waals surface area contributed by atoms with Gasteiger partial charge in [0.2, 0.25) is 0 Å². The van der Waals surface area contributed by atoms with E-state index in [0.29, 0.717) is 36.7 Å². The molecule has 1 N–H and O–H groups in total. The third-order valence-electron chi connectivity index (χ3n) is 6.73. The minimum Gasteiger partial charge on any atom is -0.380 e. The van der Waals surface area contributed by atoms with Crippen LogP contribution >= 0.6 is 0 Å². The summed E-state index contributed by atoms with van der Waals surface area (Å²) in [5, 5.41) is 3.73. The van der Waals surface area contributed by atoms with Gasteiger partial charge in [-0.25, -0.2) is 22.8 Å². The van der Waals surface area contributed by atoms with E-state index < -0.39 is 21.8 Å². The highest BCUT2D eigenvalue weighted by atomic mass is 32.2. The summed E-state index contributed by atoms with van der Waals surface area (Å²) in [6, 6.07) is 4.61. The summed E-state index contributed by atoms with van der Waals surface area (Å²) in [5.41, 5.74) is 1.04. The Labute approximate surface area is 211 Å². The molecule has 2 aromatic rings. The molecule has 1 amide bonds. The van der Waals surface area contributed by atoms with Crippen LogP contribution in [0.4, 0.5) is 10.2 Å². The minimum absolute atomic E-state index is 0.0695. The lowest BCUT2D eigenvalue weighted by Crippen LogP contribution is -2.32. The molecule has 0 saturated carbocycles. The van der Waals surface area contributed by atoms with Crippen LogP contribution in [0.15, 0.2) is 48.2 Å². The molecule has 4 rings (SSSR count). The van der Waals surface area contributed by atoms with Gasteiger partial charge in [-0.1, -0.05) is 43.4 Å². The van der Waals surface area contributed by atoms with E-state index >= 15 is 4.39 Å². The number of nitrogens with zero attached hydrogens (tertiary/aromatic N) is 3. The number of halogens is 1. The average Bonchev–Trinajstić information content (AvgIpc) is 3.33. The summed E-state index contributed by atoms with van der Waals surface area (Å²) in [7, 11) is -3.29. The zero-order valence-corrected chi connectivity index (χ0v) is 21.6. The Morgan fingerprint density at radius 3 is 2.78 bits per heavy atom. The quantitative estimate of drug-likeness (QED) is 0.603. The first kappa shape index (κ1) is 26.0. The number of carbonyl (C=O) groups is 1. The van der Waals surface area contributed by atoms with Gasteiger partial charge >= 0.3 is 0 Å². The lowest BCUT2D eigenvalue weighted by atomic mass is 9.78. The molecule has 4 atom stereocenters. The van der Waals surface area contributed by atoms with Crippen LogP contribution in [0.2, 0.25) is 0 Å². The molecular formula is C26H31FN4O4S. The standard InChI is InChI=1S/C26H31FN4O4S/c1-5-7-18-8-6-9-19(23(18)27)24-20-14-35-16-26(20,3)15-31(24)22-13-28-21(12-29-22)25(32)30-17(2)10-11-36(4,33)34/h5-13,17,20,24H,14-16H2,1-4H3,(H,30,32)/b7-5+,11-10+/t17-,20-,24+,26-/m1/s1. The van der Waals surface area contributed by atoms with Crippen molar-refractivity contribution in [3.8, 4) is 0 Å². The Morgan fingerprint density at radius 1 is 1.33 bits per heavy atom. The average molecular weight is 515 g/mol. The SMILES string of the molecule is C/C=C/c1cccc([C@H]2[C@H]3COC[C@@]3(C)CN2c2cnc(C(=O)N[C@H](C)/C=C/S(C)(=O)=O)cn2)c1F. The number of rotatable bonds is 7. The van der Waals surface area contributed by atoms with Gasteiger partial charge < -0.3 is 15.0 Å². The molecule has 2 aliphatic rings. The third kappa shape index (κ3) is 5.34. The number of nitrogens with one attached hydrogen (secondary N) is 1. The van der Waals surface area contributed by atoms with Crippen molar-refractivity contribution in [2.24, 2.45) is 11.3 Å². The number of fused-ring (bicyclic) bond motifs is 1. The molecule has 2 fully saturated rings. The zero-order chi connectivity index (χ0) is 26.1. The highest BCUT2D eigenvalue weighted by Crippen LogP contribution is 2.53. The van der Waals surface area contributed by atoms with Crippen molar-refractivity contribution in [1.82, 2.24) is 15.3 Å². The van der Waals surface area contributed by atoms with Gasteiger partial charge in [0.25, 0.3) is 5.91 Å². The van der Waals surface area contributed by atoms with E-state index in [0.717, 1.165) is 11.7 Å². The molecule has 10 heteroatoms. The molecule has 8 nitrogen and oxygen atoms in total. The first-order valence-electron chi connectivity index (χ1n) is 11.8. The van der Waals surface area contributed by atoms with Crippen molar-refractivity contribution in [3.63, 3.8) is 0 Å². The smallest absolute Gasteiger partial charge is 0.271 e. The highest BCUT2D eigenvalue weighted by molar-refractivity contribution is 7.93. The number of carbonyl (C=O) groups excluding carboxylic acids is 1. The number of aromatic nitrogens is 2. The normalized spacial score (nSPS) is 25.0. The van der Waals surface area contributed by atoms with Crippen LogP contribution in [0, 0.1) is 17.2 Å². The van der Waals surface area contributed by atoms with E-state index in [1.165, 1.54) is 18.5 Å².